The summed E-state index contributed by atoms with van der Waals surface area (Å²) >= 11 is 1.51. The number of aliphatic carboxylic acids is 1. The molecule has 0 aliphatic rings. The van der Waals surface area contributed by atoms with Crippen molar-refractivity contribution in [1.29, 1.82) is 0 Å². The molecule has 3 unspecified atom stereocenters. The van der Waals surface area contributed by atoms with Crippen LogP contribution in [0.15, 0.2) is 35.3 Å². The predicted molar refractivity (Wildman–Crippen MR) is 123 cm³/mol. The lowest BCUT2D eigenvalue weighted by atomic mass is 10.0. The van der Waals surface area contributed by atoms with E-state index >= 15 is 0 Å². The van der Waals surface area contributed by atoms with E-state index in [1.165, 1.54) is 11.8 Å². The fourth-order valence-corrected chi connectivity index (χ4v) is 3.23. The molecule has 0 aromatic heterocycles. The molecule has 0 fully saturated rings. The molecule has 3 atom stereocenters. The third kappa shape index (κ3) is 10.7. The largest absolute Gasteiger partial charge is 0.480 e. The molecule has 0 saturated carbocycles. The number of hydrogen-bond donors (Lipinski definition) is 6. The fourth-order valence-electron chi connectivity index (χ4n) is 2.76. The molecule has 172 valence electrons. The summed E-state index contributed by atoms with van der Waals surface area (Å²) in [5.74, 6) is -1.62. The highest BCUT2D eigenvalue weighted by atomic mass is 32.2. The molecule has 2 amide bonds. The number of carbonyl (C=O) groups excluding carboxylic acids is 2. The Bertz CT molecular complexity index is 742. The first kappa shape index (κ1) is 26.2. The molecule has 31 heavy (non-hydrogen) atoms. The number of aliphatic imine (C=N–C) groups is 1. The first-order valence-corrected chi connectivity index (χ1v) is 11.3. The van der Waals surface area contributed by atoms with Crippen LogP contribution in [0.25, 0.3) is 0 Å². The van der Waals surface area contributed by atoms with E-state index in [1.54, 1.807) is 24.3 Å². The van der Waals surface area contributed by atoms with E-state index in [2.05, 4.69) is 15.6 Å². The van der Waals surface area contributed by atoms with Gasteiger partial charge in [-0.25, -0.2) is 4.79 Å². The minimum atomic E-state index is -1.15. The van der Waals surface area contributed by atoms with Crippen molar-refractivity contribution in [2.75, 3.05) is 18.6 Å². The highest BCUT2D eigenvalue weighted by molar-refractivity contribution is 7.98. The molecule has 0 bridgehead atoms. The van der Waals surface area contributed by atoms with E-state index in [9.17, 15) is 19.5 Å². The van der Waals surface area contributed by atoms with Gasteiger partial charge in [-0.3, -0.25) is 14.6 Å². The van der Waals surface area contributed by atoms with Gasteiger partial charge in [0.2, 0.25) is 11.8 Å². The predicted octanol–water partition coefficient (Wildman–Crippen LogP) is -0.583. The zero-order valence-electron chi connectivity index (χ0n) is 17.6. The van der Waals surface area contributed by atoms with Crippen LogP contribution < -0.4 is 27.8 Å². The minimum Gasteiger partial charge on any atom is -0.480 e. The second kappa shape index (κ2) is 14.3. The molecule has 1 aromatic rings. The summed E-state index contributed by atoms with van der Waals surface area (Å²) in [5.41, 5.74) is 17.2. The maximum atomic E-state index is 12.8. The van der Waals surface area contributed by atoms with E-state index in [4.69, 9.17) is 17.2 Å². The number of carbonyl (C=O) groups is 3. The van der Waals surface area contributed by atoms with Crippen LogP contribution >= 0.6 is 11.8 Å². The summed E-state index contributed by atoms with van der Waals surface area (Å²) in [7, 11) is 0. The smallest absolute Gasteiger partial charge is 0.326 e. The van der Waals surface area contributed by atoms with Crippen molar-refractivity contribution in [3.8, 4) is 0 Å². The van der Waals surface area contributed by atoms with Crippen LogP contribution in [0.1, 0.15) is 24.8 Å². The fraction of sp³-hybridized carbons (Fsp3) is 0.500. The van der Waals surface area contributed by atoms with E-state index in [0.29, 0.717) is 31.6 Å². The van der Waals surface area contributed by atoms with Crippen molar-refractivity contribution in [2.45, 2.75) is 43.8 Å². The number of carboxylic acid groups (broad SMARTS) is 1. The van der Waals surface area contributed by atoms with Gasteiger partial charge in [0, 0.05) is 13.0 Å². The molecule has 10 nitrogen and oxygen atoms in total. The maximum Gasteiger partial charge on any atom is 0.326 e. The Kier molecular flexibility index (Phi) is 12.1. The highest BCUT2D eigenvalue weighted by Gasteiger charge is 2.27. The van der Waals surface area contributed by atoms with Gasteiger partial charge in [0.05, 0.1) is 6.04 Å². The van der Waals surface area contributed by atoms with Gasteiger partial charge in [-0.1, -0.05) is 30.3 Å². The number of nitrogens with two attached hydrogens (primary N) is 3. The number of carboxylic acids is 1. The van der Waals surface area contributed by atoms with Gasteiger partial charge in [0.1, 0.15) is 12.1 Å². The number of guanidine groups is 1. The third-order valence-corrected chi connectivity index (χ3v) is 5.09. The second-order valence-corrected chi connectivity index (χ2v) is 7.97. The van der Waals surface area contributed by atoms with Crippen LogP contribution in [0.4, 0.5) is 0 Å². The van der Waals surface area contributed by atoms with Gasteiger partial charge in [-0.15, -0.1) is 0 Å². The highest BCUT2D eigenvalue weighted by Crippen LogP contribution is 2.07. The Morgan fingerprint density at radius 1 is 1.06 bits per heavy atom. The first-order valence-electron chi connectivity index (χ1n) is 9.92. The number of hydrogen-bond acceptors (Lipinski definition) is 6. The molecule has 0 aliphatic heterocycles. The van der Waals surface area contributed by atoms with Crippen molar-refractivity contribution in [3.05, 3.63) is 35.9 Å². The number of benzene rings is 1. The van der Waals surface area contributed by atoms with Crippen LogP contribution in [0, 0.1) is 0 Å². The van der Waals surface area contributed by atoms with Gasteiger partial charge in [0.25, 0.3) is 0 Å². The lowest BCUT2D eigenvalue weighted by Gasteiger charge is -2.23. The molecule has 0 spiro atoms. The standard InChI is InChI=1S/C20H32N6O4S/c1-31-11-9-15(25-17(27)14(21)8-5-10-24-20(22)23)18(28)26-16(19(29)30)12-13-6-3-2-4-7-13/h2-4,6-7,14-16H,5,8-12,21H2,1H3,(H,25,27)(H,26,28)(H,29,30)(H4,22,23,24). The van der Waals surface area contributed by atoms with E-state index in [1.807, 2.05) is 12.3 Å². The third-order valence-electron chi connectivity index (χ3n) is 4.45. The maximum absolute atomic E-state index is 12.8. The van der Waals surface area contributed by atoms with Gasteiger partial charge >= 0.3 is 5.97 Å². The summed E-state index contributed by atoms with van der Waals surface area (Å²) in [4.78, 5) is 40.7. The van der Waals surface area contributed by atoms with Crippen LogP contribution in [0.3, 0.4) is 0 Å². The van der Waals surface area contributed by atoms with Crippen molar-refractivity contribution in [1.82, 2.24) is 10.6 Å². The van der Waals surface area contributed by atoms with Gasteiger partial charge in [0.15, 0.2) is 5.96 Å². The van der Waals surface area contributed by atoms with Crippen LogP contribution in [0.2, 0.25) is 0 Å². The zero-order chi connectivity index (χ0) is 23.2. The number of nitrogens with zero attached hydrogens (tertiary/aromatic N) is 1. The Morgan fingerprint density at radius 2 is 1.71 bits per heavy atom. The van der Waals surface area contributed by atoms with E-state index in [0.717, 1.165) is 5.56 Å². The summed E-state index contributed by atoms with van der Waals surface area (Å²) in [6, 6.07) is 6.16. The Labute approximate surface area is 186 Å². The number of rotatable bonds is 14. The lowest BCUT2D eigenvalue weighted by molar-refractivity contribution is -0.142. The van der Waals surface area contributed by atoms with Gasteiger partial charge in [-0.05, 0) is 36.8 Å². The van der Waals surface area contributed by atoms with Crippen LogP contribution in [0.5, 0.6) is 0 Å². The normalized spacial score (nSPS) is 13.5. The monoisotopic (exact) mass is 452 g/mol. The molecule has 11 heteroatoms. The minimum absolute atomic E-state index is 0.0321. The molecule has 0 aliphatic carbocycles. The molecule has 0 saturated heterocycles. The summed E-state index contributed by atoms with van der Waals surface area (Å²) in [6.45, 7) is 0.347. The van der Waals surface area contributed by atoms with E-state index in [-0.39, 0.29) is 12.4 Å². The molecule has 9 N–H and O–H groups in total. The van der Waals surface area contributed by atoms with Crippen molar-refractivity contribution in [2.24, 2.45) is 22.2 Å². The van der Waals surface area contributed by atoms with Gasteiger partial charge in [-0.2, -0.15) is 11.8 Å². The van der Waals surface area contributed by atoms with Gasteiger partial charge < -0.3 is 32.9 Å². The molecule has 0 radical (unpaired) electrons. The number of nitrogens with one attached hydrogen (secondary N) is 2. The number of amides is 2. The molecular weight excluding hydrogens is 420 g/mol. The topological polar surface area (TPSA) is 186 Å². The van der Waals surface area contributed by atoms with Crippen molar-refractivity contribution in [3.63, 3.8) is 0 Å². The van der Waals surface area contributed by atoms with Crippen LogP contribution in [-0.4, -0.2) is 65.5 Å². The van der Waals surface area contributed by atoms with Crippen molar-refractivity contribution >= 4 is 35.5 Å². The Morgan fingerprint density at radius 3 is 2.29 bits per heavy atom. The van der Waals surface area contributed by atoms with E-state index < -0.39 is 35.9 Å². The second-order valence-electron chi connectivity index (χ2n) is 6.99. The molecule has 1 aromatic carbocycles. The first-order chi connectivity index (χ1) is 14.7. The Balaban J connectivity index is 2.72. The summed E-state index contributed by atoms with van der Waals surface area (Å²) in [6.07, 6.45) is 3.20. The Hall–Kier alpha value is -2.79. The average Bonchev–Trinajstić information content (AvgIpc) is 2.73. The zero-order valence-corrected chi connectivity index (χ0v) is 18.4. The number of thioether (sulfide) groups is 1. The average molecular weight is 453 g/mol. The lowest BCUT2D eigenvalue weighted by Crippen LogP contribution is -2.55. The molecule has 0 heterocycles. The SMILES string of the molecule is CSCCC(NC(=O)C(N)CCCN=C(N)N)C(=O)NC(Cc1ccccc1)C(=O)O. The molecular formula is C20H32N6O4S. The van der Waals surface area contributed by atoms with Crippen LogP contribution in [-0.2, 0) is 20.8 Å². The summed E-state index contributed by atoms with van der Waals surface area (Å²) < 4.78 is 0. The quantitative estimate of drug-likeness (QED) is 0.123. The summed E-state index contributed by atoms with van der Waals surface area (Å²) in [5, 5.41) is 14.7. The van der Waals surface area contributed by atoms with Crippen molar-refractivity contribution < 1.29 is 19.5 Å². The molecule has 1 rings (SSSR count).